The molecule has 10 nitrogen and oxygen atoms in total. The number of benzene rings is 1. The predicted molar refractivity (Wildman–Crippen MR) is 120 cm³/mol. The molecule has 31 heavy (non-hydrogen) atoms. The summed E-state index contributed by atoms with van der Waals surface area (Å²) >= 11 is 0. The first-order chi connectivity index (χ1) is 14.9. The van der Waals surface area contributed by atoms with Crippen LogP contribution in [0.25, 0.3) is 0 Å². The minimum atomic E-state index is -0.521. The van der Waals surface area contributed by atoms with E-state index in [1.54, 1.807) is 33.8 Å². The molecule has 3 aromatic rings. The van der Waals surface area contributed by atoms with Crippen molar-refractivity contribution < 1.29 is 9.59 Å². The number of hydrogen-bond donors (Lipinski definition) is 4. The van der Waals surface area contributed by atoms with Crippen LogP contribution in [0.2, 0.25) is 0 Å². The maximum absolute atomic E-state index is 12.6. The summed E-state index contributed by atoms with van der Waals surface area (Å²) in [6.07, 6.45) is 7.17. The van der Waals surface area contributed by atoms with Crippen LogP contribution in [-0.2, 0) is 13.1 Å². The Morgan fingerprint density at radius 1 is 1.23 bits per heavy atom. The van der Waals surface area contributed by atoms with Gasteiger partial charge in [-0.25, -0.2) is 9.67 Å². The van der Waals surface area contributed by atoms with Crippen LogP contribution in [0.15, 0.2) is 48.8 Å². The van der Waals surface area contributed by atoms with Gasteiger partial charge in [0.1, 0.15) is 5.82 Å². The highest BCUT2D eigenvalue weighted by Gasteiger charge is 2.15. The van der Waals surface area contributed by atoms with Gasteiger partial charge < -0.3 is 26.7 Å². The van der Waals surface area contributed by atoms with E-state index in [1.807, 2.05) is 32.1 Å². The van der Waals surface area contributed by atoms with Crippen molar-refractivity contribution in [1.82, 2.24) is 19.3 Å². The lowest BCUT2D eigenvalue weighted by molar-refractivity contribution is 0.0995. The zero-order valence-corrected chi connectivity index (χ0v) is 17.5. The monoisotopic (exact) mass is 422 g/mol. The predicted octanol–water partition coefficient (Wildman–Crippen LogP) is 2.01. The van der Waals surface area contributed by atoms with Crippen LogP contribution in [0.5, 0.6) is 0 Å². The molecule has 10 heteroatoms. The number of nitrogen functional groups attached to an aromatic ring is 1. The largest absolute Gasteiger partial charge is 0.397 e. The summed E-state index contributed by atoms with van der Waals surface area (Å²) in [7, 11) is 0. The quantitative estimate of drug-likeness (QED) is 0.306. The lowest BCUT2D eigenvalue weighted by atomic mass is 10.1. The zero-order valence-electron chi connectivity index (χ0n) is 17.5. The van der Waals surface area contributed by atoms with Crippen molar-refractivity contribution in [2.45, 2.75) is 26.9 Å². The number of aryl methyl sites for hydroxylation is 2. The van der Waals surface area contributed by atoms with Gasteiger partial charge in [-0.05, 0) is 32.0 Å². The van der Waals surface area contributed by atoms with Gasteiger partial charge in [-0.2, -0.15) is 5.10 Å². The lowest BCUT2D eigenvalue weighted by Gasteiger charge is -2.09. The molecule has 0 bridgehead atoms. The summed E-state index contributed by atoms with van der Waals surface area (Å²) in [6, 6.07) is 6.69. The molecule has 0 fully saturated rings. The number of imidazole rings is 1. The SMILES string of the molecule is CCn1nc(C)cc1NC(=O)c1nccn1C/C=C/CNc1ccc(C(N)=O)cc1N. The van der Waals surface area contributed by atoms with E-state index in [0.717, 1.165) is 5.69 Å². The van der Waals surface area contributed by atoms with Crippen LogP contribution in [-0.4, -0.2) is 37.7 Å². The third-order valence-electron chi connectivity index (χ3n) is 4.58. The molecule has 0 saturated heterocycles. The highest BCUT2D eigenvalue weighted by molar-refractivity contribution is 6.01. The molecular formula is C21H26N8O2. The second kappa shape index (κ2) is 9.61. The maximum Gasteiger partial charge on any atom is 0.292 e. The average Bonchev–Trinajstić information content (AvgIpc) is 3.34. The first-order valence-corrected chi connectivity index (χ1v) is 9.84. The van der Waals surface area contributed by atoms with E-state index in [0.29, 0.717) is 48.2 Å². The topological polar surface area (TPSA) is 146 Å². The van der Waals surface area contributed by atoms with E-state index in [2.05, 4.69) is 20.7 Å². The van der Waals surface area contributed by atoms with Gasteiger partial charge in [0.15, 0.2) is 5.82 Å². The Labute approximate surface area is 179 Å². The number of carbonyl (C=O) groups is 2. The molecule has 6 N–H and O–H groups in total. The van der Waals surface area contributed by atoms with Gasteiger partial charge in [0, 0.05) is 43.7 Å². The average molecular weight is 422 g/mol. The van der Waals surface area contributed by atoms with Crippen molar-refractivity contribution in [3.63, 3.8) is 0 Å². The first kappa shape index (κ1) is 21.6. The Kier molecular flexibility index (Phi) is 6.71. The summed E-state index contributed by atoms with van der Waals surface area (Å²) in [4.78, 5) is 28.0. The second-order valence-corrected chi connectivity index (χ2v) is 6.86. The highest BCUT2D eigenvalue weighted by Crippen LogP contribution is 2.19. The Morgan fingerprint density at radius 3 is 2.74 bits per heavy atom. The van der Waals surface area contributed by atoms with E-state index in [4.69, 9.17) is 11.5 Å². The summed E-state index contributed by atoms with van der Waals surface area (Å²) < 4.78 is 3.48. The zero-order chi connectivity index (χ0) is 22.4. The van der Waals surface area contributed by atoms with Crippen LogP contribution in [0.3, 0.4) is 0 Å². The van der Waals surface area contributed by atoms with Gasteiger partial charge in [-0.15, -0.1) is 0 Å². The number of allylic oxidation sites excluding steroid dienone is 1. The number of amides is 2. The second-order valence-electron chi connectivity index (χ2n) is 6.86. The molecule has 2 aromatic heterocycles. The fourth-order valence-electron chi connectivity index (χ4n) is 3.04. The van der Waals surface area contributed by atoms with E-state index < -0.39 is 5.91 Å². The third-order valence-corrected chi connectivity index (χ3v) is 4.58. The van der Waals surface area contributed by atoms with Crippen molar-refractivity contribution in [1.29, 1.82) is 0 Å². The molecule has 0 aliphatic rings. The molecule has 2 heterocycles. The summed E-state index contributed by atoms with van der Waals surface area (Å²) in [5.41, 5.74) is 13.5. The van der Waals surface area contributed by atoms with Crippen LogP contribution < -0.4 is 22.1 Å². The molecule has 162 valence electrons. The van der Waals surface area contributed by atoms with E-state index in [1.165, 1.54) is 6.07 Å². The Hall–Kier alpha value is -4.08. The molecule has 0 unspecified atom stereocenters. The van der Waals surface area contributed by atoms with Crippen molar-refractivity contribution in [3.05, 3.63) is 65.9 Å². The minimum Gasteiger partial charge on any atom is -0.397 e. The Morgan fingerprint density at radius 2 is 2.03 bits per heavy atom. The molecule has 2 amide bonds. The van der Waals surface area contributed by atoms with Crippen LogP contribution in [0.1, 0.15) is 33.6 Å². The molecule has 0 aliphatic heterocycles. The Bertz CT molecular complexity index is 1110. The van der Waals surface area contributed by atoms with Crippen molar-refractivity contribution in [3.8, 4) is 0 Å². The van der Waals surface area contributed by atoms with Gasteiger partial charge in [-0.1, -0.05) is 12.2 Å². The van der Waals surface area contributed by atoms with Crippen LogP contribution >= 0.6 is 0 Å². The van der Waals surface area contributed by atoms with E-state index in [9.17, 15) is 9.59 Å². The fraction of sp³-hybridized carbons (Fsp3) is 0.238. The summed E-state index contributed by atoms with van der Waals surface area (Å²) in [5, 5.41) is 10.4. The molecule has 0 atom stereocenters. The number of hydrogen-bond acceptors (Lipinski definition) is 6. The molecule has 1 aromatic carbocycles. The first-order valence-electron chi connectivity index (χ1n) is 9.84. The van der Waals surface area contributed by atoms with Gasteiger partial charge >= 0.3 is 0 Å². The lowest BCUT2D eigenvalue weighted by Crippen LogP contribution is -2.20. The number of primary amides is 1. The number of anilines is 3. The third kappa shape index (κ3) is 5.30. The molecule has 0 radical (unpaired) electrons. The minimum absolute atomic E-state index is 0.298. The van der Waals surface area contributed by atoms with E-state index in [-0.39, 0.29) is 5.91 Å². The fourth-order valence-corrected chi connectivity index (χ4v) is 3.04. The standard InChI is InChI=1S/C21H26N8O2/c1-3-29-18(12-14(2)27-29)26-21(31)20-25-9-11-28(20)10-5-4-8-24-17-7-6-15(19(23)30)13-16(17)22/h4-7,9,11-13,24H,3,8,10,22H2,1-2H3,(H2,23,30)(H,26,31)/b5-4+. The molecular weight excluding hydrogens is 396 g/mol. The van der Waals surface area contributed by atoms with Gasteiger partial charge in [0.2, 0.25) is 5.91 Å². The van der Waals surface area contributed by atoms with E-state index >= 15 is 0 Å². The Balaban J connectivity index is 1.56. The molecule has 3 rings (SSSR count). The number of carbonyl (C=O) groups excluding carboxylic acids is 2. The summed E-state index contributed by atoms with van der Waals surface area (Å²) in [6.45, 7) is 5.49. The molecule has 0 aliphatic carbocycles. The van der Waals surface area contributed by atoms with Crippen molar-refractivity contribution in [2.24, 2.45) is 5.73 Å². The molecule has 0 spiro atoms. The van der Waals surface area contributed by atoms with Gasteiger partial charge in [-0.3, -0.25) is 9.59 Å². The van der Waals surface area contributed by atoms with Gasteiger partial charge in [0.05, 0.1) is 17.1 Å². The highest BCUT2D eigenvalue weighted by atomic mass is 16.2. The smallest absolute Gasteiger partial charge is 0.292 e. The normalized spacial score (nSPS) is 11.0. The number of aromatic nitrogens is 4. The van der Waals surface area contributed by atoms with Gasteiger partial charge in [0.25, 0.3) is 5.91 Å². The summed E-state index contributed by atoms with van der Waals surface area (Å²) in [5.74, 6) is 0.130. The van der Waals surface area contributed by atoms with Crippen LogP contribution in [0, 0.1) is 6.92 Å². The number of rotatable bonds is 9. The number of nitrogens with one attached hydrogen (secondary N) is 2. The number of nitrogens with two attached hydrogens (primary N) is 2. The van der Waals surface area contributed by atoms with Crippen molar-refractivity contribution >= 4 is 29.0 Å². The maximum atomic E-state index is 12.6. The molecule has 0 saturated carbocycles. The van der Waals surface area contributed by atoms with Crippen molar-refractivity contribution in [2.75, 3.05) is 22.9 Å². The van der Waals surface area contributed by atoms with Crippen LogP contribution in [0.4, 0.5) is 17.2 Å². The number of nitrogens with zero attached hydrogens (tertiary/aromatic N) is 4.